The van der Waals surface area contributed by atoms with E-state index in [-0.39, 0.29) is 17.2 Å². The van der Waals surface area contributed by atoms with Crippen LogP contribution in [0.2, 0.25) is 5.02 Å². The molecule has 0 bridgehead atoms. The Balaban J connectivity index is 1.66. The Morgan fingerprint density at radius 3 is 1.89 bits per heavy atom. The van der Waals surface area contributed by atoms with Crippen molar-refractivity contribution in [3.8, 4) is 0 Å². The van der Waals surface area contributed by atoms with Gasteiger partial charge in [0.15, 0.2) is 0 Å². The van der Waals surface area contributed by atoms with Crippen molar-refractivity contribution in [3.63, 3.8) is 0 Å². The highest BCUT2D eigenvalue weighted by atomic mass is 35.5. The summed E-state index contributed by atoms with van der Waals surface area (Å²) in [6.45, 7) is 0. The number of benzene rings is 3. The number of nitrogens with one attached hydrogen (secondary N) is 2. The van der Waals surface area contributed by atoms with Crippen LogP contribution in [-0.2, 0) is 0 Å². The van der Waals surface area contributed by atoms with E-state index < -0.39 is 10.8 Å². The summed E-state index contributed by atoms with van der Waals surface area (Å²) in [5, 5.41) is 16.8. The predicted octanol–water partition coefficient (Wildman–Crippen LogP) is 4.75. The molecule has 2 N–H and O–H groups in total. The fourth-order valence-electron chi connectivity index (χ4n) is 2.41. The fourth-order valence-corrected chi connectivity index (χ4v) is 2.53. The molecule has 3 aromatic carbocycles. The van der Waals surface area contributed by atoms with Gasteiger partial charge in [0.1, 0.15) is 0 Å². The molecule has 0 aliphatic rings. The van der Waals surface area contributed by atoms with Crippen LogP contribution in [0.15, 0.2) is 72.8 Å². The summed E-state index contributed by atoms with van der Waals surface area (Å²) in [6, 6.07) is 18.4. The highest BCUT2D eigenvalue weighted by molar-refractivity contribution is 6.30. The molecule has 0 radical (unpaired) electrons. The number of anilines is 2. The number of rotatable bonds is 5. The highest BCUT2D eigenvalue weighted by Crippen LogP contribution is 2.17. The maximum Gasteiger partial charge on any atom is 0.270 e. The van der Waals surface area contributed by atoms with Crippen molar-refractivity contribution in [2.24, 2.45) is 0 Å². The summed E-state index contributed by atoms with van der Waals surface area (Å²) in [6.07, 6.45) is 0. The average Bonchev–Trinajstić information content (AvgIpc) is 2.70. The third-order valence-corrected chi connectivity index (χ3v) is 4.08. The first-order valence-corrected chi connectivity index (χ1v) is 8.53. The van der Waals surface area contributed by atoms with E-state index in [0.717, 1.165) is 0 Å². The van der Waals surface area contributed by atoms with Crippen molar-refractivity contribution in [1.29, 1.82) is 0 Å². The van der Waals surface area contributed by atoms with Crippen LogP contribution in [0.5, 0.6) is 0 Å². The quantitative estimate of drug-likeness (QED) is 0.480. The Morgan fingerprint density at radius 2 is 1.32 bits per heavy atom. The Bertz CT molecular complexity index is 1030. The Hall–Kier alpha value is -3.71. The van der Waals surface area contributed by atoms with E-state index in [1.165, 1.54) is 24.3 Å². The van der Waals surface area contributed by atoms with Crippen molar-refractivity contribution in [3.05, 3.63) is 99.1 Å². The lowest BCUT2D eigenvalue weighted by atomic mass is 10.1. The number of non-ortho nitro benzene ring substituents is 1. The molecule has 3 rings (SSSR count). The van der Waals surface area contributed by atoms with Gasteiger partial charge in [0.25, 0.3) is 17.5 Å². The van der Waals surface area contributed by atoms with E-state index in [1.807, 2.05) is 0 Å². The number of carbonyl (C=O) groups excluding carboxylic acids is 2. The van der Waals surface area contributed by atoms with Crippen LogP contribution in [0.25, 0.3) is 0 Å². The molecular weight excluding hydrogens is 382 g/mol. The number of nitro groups is 1. The molecule has 0 atom stereocenters. The third kappa shape index (κ3) is 4.72. The number of carbonyl (C=O) groups is 2. The Kier molecular flexibility index (Phi) is 5.67. The lowest BCUT2D eigenvalue weighted by molar-refractivity contribution is -0.384. The zero-order chi connectivity index (χ0) is 20.1. The Labute approximate surface area is 165 Å². The van der Waals surface area contributed by atoms with Gasteiger partial charge < -0.3 is 10.6 Å². The number of amides is 2. The molecule has 0 saturated carbocycles. The predicted molar refractivity (Wildman–Crippen MR) is 107 cm³/mol. The molecule has 140 valence electrons. The van der Waals surface area contributed by atoms with Gasteiger partial charge >= 0.3 is 0 Å². The van der Waals surface area contributed by atoms with Crippen LogP contribution in [-0.4, -0.2) is 16.7 Å². The van der Waals surface area contributed by atoms with Gasteiger partial charge in [-0.05, 0) is 54.6 Å². The molecule has 8 heteroatoms. The molecular formula is C20H14ClN3O4. The fraction of sp³-hybridized carbons (Fsp3) is 0. The van der Waals surface area contributed by atoms with Crippen LogP contribution in [0, 0.1) is 10.1 Å². The lowest BCUT2D eigenvalue weighted by Crippen LogP contribution is -2.13. The van der Waals surface area contributed by atoms with Crippen LogP contribution < -0.4 is 10.6 Å². The molecule has 0 fully saturated rings. The third-order valence-electron chi connectivity index (χ3n) is 3.83. The van der Waals surface area contributed by atoms with Crippen molar-refractivity contribution < 1.29 is 14.5 Å². The number of halogens is 1. The summed E-state index contributed by atoms with van der Waals surface area (Å²) in [5.41, 5.74) is 1.47. The smallest absolute Gasteiger partial charge is 0.270 e. The molecule has 0 heterocycles. The minimum absolute atomic E-state index is 0.165. The molecule has 7 nitrogen and oxygen atoms in total. The topological polar surface area (TPSA) is 101 Å². The standard InChI is InChI=1S/C20H14ClN3O4/c21-15-6-10-17(11-7-15)22-19(25)13-4-8-16(9-5-13)23-20(26)14-2-1-3-18(12-14)24(27)28/h1-12H,(H,22,25)(H,23,26). The van der Waals surface area contributed by atoms with E-state index in [0.29, 0.717) is 22.0 Å². The molecule has 0 aliphatic carbocycles. The molecule has 0 unspecified atom stereocenters. The maximum atomic E-state index is 12.3. The molecule has 3 aromatic rings. The molecule has 0 aromatic heterocycles. The number of hydrogen-bond acceptors (Lipinski definition) is 4. The van der Waals surface area contributed by atoms with E-state index in [2.05, 4.69) is 10.6 Å². The van der Waals surface area contributed by atoms with Gasteiger partial charge in [-0.3, -0.25) is 19.7 Å². The summed E-state index contributed by atoms with van der Waals surface area (Å²) in [7, 11) is 0. The van der Waals surface area contributed by atoms with Gasteiger partial charge in [-0.25, -0.2) is 0 Å². The first kappa shape index (κ1) is 19.1. The van der Waals surface area contributed by atoms with Gasteiger partial charge in [0, 0.05) is 39.7 Å². The highest BCUT2D eigenvalue weighted by Gasteiger charge is 2.12. The van der Waals surface area contributed by atoms with Crippen molar-refractivity contribution in [1.82, 2.24) is 0 Å². The number of nitro benzene ring substituents is 1. The van der Waals surface area contributed by atoms with Gasteiger partial charge in [0.05, 0.1) is 4.92 Å². The van der Waals surface area contributed by atoms with Crippen LogP contribution in [0.4, 0.5) is 17.1 Å². The molecule has 0 aliphatic heterocycles. The summed E-state index contributed by atoms with van der Waals surface area (Å²) in [5.74, 6) is -0.791. The molecule has 28 heavy (non-hydrogen) atoms. The van der Waals surface area contributed by atoms with Crippen LogP contribution in [0.3, 0.4) is 0 Å². The molecule has 2 amide bonds. The van der Waals surface area contributed by atoms with Gasteiger partial charge in [-0.15, -0.1) is 0 Å². The summed E-state index contributed by atoms with van der Waals surface area (Å²) < 4.78 is 0. The van der Waals surface area contributed by atoms with Gasteiger partial charge in [-0.1, -0.05) is 17.7 Å². The zero-order valence-electron chi connectivity index (χ0n) is 14.4. The van der Waals surface area contributed by atoms with Gasteiger partial charge in [0.2, 0.25) is 0 Å². The maximum absolute atomic E-state index is 12.3. The van der Waals surface area contributed by atoms with Crippen molar-refractivity contribution in [2.45, 2.75) is 0 Å². The Morgan fingerprint density at radius 1 is 0.786 bits per heavy atom. The van der Waals surface area contributed by atoms with Crippen LogP contribution >= 0.6 is 11.6 Å². The number of nitrogens with zero attached hydrogens (tertiary/aromatic N) is 1. The monoisotopic (exact) mass is 395 g/mol. The molecule has 0 spiro atoms. The largest absolute Gasteiger partial charge is 0.322 e. The second-order valence-electron chi connectivity index (χ2n) is 5.80. The van der Waals surface area contributed by atoms with E-state index >= 15 is 0 Å². The average molecular weight is 396 g/mol. The summed E-state index contributed by atoms with van der Waals surface area (Å²) >= 11 is 5.81. The van der Waals surface area contributed by atoms with Crippen molar-refractivity contribution in [2.75, 3.05) is 10.6 Å². The van der Waals surface area contributed by atoms with Crippen LogP contribution in [0.1, 0.15) is 20.7 Å². The lowest BCUT2D eigenvalue weighted by Gasteiger charge is -2.08. The second kappa shape index (κ2) is 8.32. The normalized spacial score (nSPS) is 10.2. The minimum atomic E-state index is -0.565. The number of hydrogen-bond donors (Lipinski definition) is 2. The summed E-state index contributed by atoms with van der Waals surface area (Å²) in [4.78, 5) is 34.8. The van der Waals surface area contributed by atoms with E-state index in [4.69, 9.17) is 11.6 Å². The minimum Gasteiger partial charge on any atom is -0.322 e. The van der Waals surface area contributed by atoms with E-state index in [9.17, 15) is 19.7 Å². The first-order valence-electron chi connectivity index (χ1n) is 8.15. The first-order chi connectivity index (χ1) is 13.4. The molecule has 0 saturated heterocycles. The van der Waals surface area contributed by atoms with Crippen molar-refractivity contribution >= 4 is 40.5 Å². The SMILES string of the molecule is O=C(Nc1ccc(Cl)cc1)c1ccc(NC(=O)c2cccc([N+](=O)[O-])c2)cc1. The zero-order valence-corrected chi connectivity index (χ0v) is 15.1. The van der Waals surface area contributed by atoms with Gasteiger partial charge in [-0.2, -0.15) is 0 Å². The second-order valence-corrected chi connectivity index (χ2v) is 6.24. The van der Waals surface area contributed by atoms with E-state index in [1.54, 1.807) is 48.5 Å².